The second-order valence-corrected chi connectivity index (χ2v) is 9.62. The van der Waals surface area contributed by atoms with Gasteiger partial charge in [-0.25, -0.2) is 13.8 Å². The van der Waals surface area contributed by atoms with Crippen LogP contribution >= 0.6 is 0 Å². The molecule has 0 bridgehead atoms. The van der Waals surface area contributed by atoms with Crippen molar-refractivity contribution in [1.82, 2.24) is 19.5 Å². The predicted octanol–water partition coefficient (Wildman–Crippen LogP) is 3.78. The highest BCUT2D eigenvalue weighted by molar-refractivity contribution is 6.32. The molecule has 1 fully saturated rings. The van der Waals surface area contributed by atoms with Gasteiger partial charge in [0.2, 0.25) is 0 Å². The van der Waals surface area contributed by atoms with Crippen LogP contribution in [0.2, 0.25) is 0 Å². The van der Waals surface area contributed by atoms with Crippen LogP contribution in [0.1, 0.15) is 47.2 Å². The molecule has 10 heteroatoms. The van der Waals surface area contributed by atoms with Crippen molar-refractivity contribution >= 4 is 30.7 Å². The van der Waals surface area contributed by atoms with E-state index in [1.807, 2.05) is 25.1 Å². The van der Waals surface area contributed by atoms with Crippen LogP contribution < -0.4 is 10.4 Å². The SMILES string of the molecule is [B]c1ccc(-c2cc3nc(C(=O)N4CC(F)c5ccccc5C4CC)cc(N4CCOCC4)n3n2)c(F)c1. The minimum Gasteiger partial charge on any atom is -0.378 e. The number of ether oxygens (including phenoxy) is 1. The van der Waals surface area contributed by atoms with Gasteiger partial charge < -0.3 is 14.5 Å². The lowest BCUT2D eigenvalue weighted by Crippen LogP contribution is -2.42. The third-order valence-electron chi connectivity index (χ3n) is 7.30. The fourth-order valence-electron chi connectivity index (χ4n) is 5.43. The van der Waals surface area contributed by atoms with Crippen LogP contribution in [0.4, 0.5) is 14.6 Å². The first-order valence-corrected chi connectivity index (χ1v) is 12.8. The number of morpholine rings is 1. The highest BCUT2D eigenvalue weighted by atomic mass is 19.1. The molecular formula is C28H26BF2N5O2. The van der Waals surface area contributed by atoms with Crippen LogP contribution in [-0.2, 0) is 4.74 Å². The maximum Gasteiger partial charge on any atom is 0.273 e. The molecule has 0 saturated carbocycles. The van der Waals surface area contributed by atoms with Crippen molar-refractivity contribution in [3.05, 3.63) is 77.2 Å². The molecule has 2 radical (unpaired) electrons. The summed E-state index contributed by atoms with van der Waals surface area (Å²) >= 11 is 0. The Balaban J connectivity index is 1.45. The van der Waals surface area contributed by atoms with Crippen molar-refractivity contribution in [2.75, 3.05) is 37.7 Å². The molecule has 0 N–H and O–H groups in total. The van der Waals surface area contributed by atoms with Gasteiger partial charge in [-0.15, -0.1) is 0 Å². The molecule has 0 spiro atoms. The lowest BCUT2D eigenvalue weighted by molar-refractivity contribution is 0.0556. The first-order valence-electron chi connectivity index (χ1n) is 12.8. The van der Waals surface area contributed by atoms with Crippen molar-refractivity contribution in [2.24, 2.45) is 0 Å². The van der Waals surface area contributed by atoms with Crippen LogP contribution in [0.25, 0.3) is 16.9 Å². The second-order valence-electron chi connectivity index (χ2n) is 9.62. The lowest BCUT2D eigenvalue weighted by Gasteiger charge is -2.38. The topological polar surface area (TPSA) is 63.0 Å². The number of amides is 1. The van der Waals surface area contributed by atoms with Crippen LogP contribution in [0.15, 0.2) is 54.6 Å². The van der Waals surface area contributed by atoms with E-state index in [-0.39, 0.29) is 29.8 Å². The van der Waals surface area contributed by atoms with Gasteiger partial charge in [-0.3, -0.25) is 4.79 Å². The predicted molar refractivity (Wildman–Crippen MR) is 141 cm³/mol. The van der Waals surface area contributed by atoms with E-state index >= 15 is 4.39 Å². The molecule has 38 heavy (non-hydrogen) atoms. The molecule has 4 heterocycles. The van der Waals surface area contributed by atoms with Crippen molar-refractivity contribution in [3.63, 3.8) is 0 Å². The van der Waals surface area contributed by atoms with Crippen LogP contribution in [0.5, 0.6) is 0 Å². The smallest absolute Gasteiger partial charge is 0.273 e. The van der Waals surface area contributed by atoms with E-state index in [0.29, 0.717) is 60.9 Å². The second kappa shape index (κ2) is 9.83. The van der Waals surface area contributed by atoms with Gasteiger partial charge in [0.25, 0.3) is 5.91 Å². The maximum absolute atomic E-state index is 15.2. The van der Waals surface area contributed by atoms with E-state index in [0.717, 1.165) is 5.56 Å². The minimum absolute atomic E-state index is 0.0464. The Morgan fingerprint density at radius 2 is 1.87 bits per heavy atom. The Morgan fingerprint density at radius 1 is 1.11 bits per heavy atom. The van der Waals surface area contributed by atoms with E-state index in [1.165, 1.54) is 6.07 Å². The molecule has 4 aromatic rings. The van der Waals surface area contributed by atoms with Gasteiger partial charge in [0.05, 0.1) is 31.5 Å². The number of hydrogen-bond donors (Lipinski definition) is 0. The van der Waals surface area contributed by atoms with Gasteiger partial charge in [-0.2, -0.15) is 9.61 Å². The van der Waals surface area contributed by atoms with E-state index in [2.05, 4.69) is 15.0 Å². The van der Waals surface area contributed by atoms with Crippen molar-refractivity contribution in [3.8, 4) is 11.3 Å². The standard InChI is InChI=1S/C28H26BF2N5O2/c1-2-25-19-6-4-3-5-18(19)22(31)16-35(25)28(37)24-15-27(34-9-11-38-12-10-34)36-26(32-24)14-23(33-36)20-8-7-17(29)13-21(20)30/h3-8,13-15,22,25H,2,9-12,16H2,1H3. The first kappa shape index (κ1) is 24.5. The molecule has 2 atom stereocenters. The van der Waals surface area contributed by atoms with Crippen molar-refractivity contribution in [2.45, 2.75) is 25.6 Å². The molecule has 0 aliphatic carbocycles. The molecule has 192 valence electrons. The normalized spacial score (nSPS) is 19.6. The number of rotatable bonds is 4. The zero-order valence-electron chi connectivity index (χ0n) is 21.0. The summed E-state index contributed by atoms with van der Waals surface area (Å²) in [6, 6.07) is 14.9. The zero-order chi connectivity index (χ0) is 26.4. The van der Waals surface area contributed by atoms with Gasteiger partial charge in [0.15, 0.2) is 5.65 Å². The van der Waals surface area contributed by atoms with Crippen LogP contribution in [-0.4, -0.2) is 66.1 Å². The fourth-order valence-corrected chi connectivity index (χ4v) is 5.43. The number of carbonyl (C=O) groups excluding carboxylic acids is 1. The van der Waals surface area contributed by atoms with Gasteiger partial charge >= 0.3 is 0 Å². The Kier molecular flexibility index (Phi) is 6.35. The number of anilines is 1. The Bertz CT molecular complexity index is 1520. The number of alkyl halides is 1. The number of fused-ring (bicyclic) bond motifs is 2. The third kappa shape index (κ3) is 4.22. The Morgan fingerprint density at radius 3 is 2.61 bits per heavy atom. The summed E-state index contributed by atoms with van der Waals surface area (Å²) in [5, 5.41) is 4.64. The fraction of sp³-hybridized carbons (Fsp3) is 0.321. The Hall–Kier alpha value is -3.79. The molecular weight excluding hydrogens is 487 g/mol. The van der Waals surface area contributed by atoms with Crippen molar-refractivity contribution < 1.29 is 18.3 Å². The number of carbonyl (C=O) groups is 1. The van der Waals surface area contributed by atoms with E-state index < -0.39 is 12.0 Å². The molecule has 6 rings (SSSR count). The van der Waals surface area contributed by atoms with E-state index in [1.54, 1.807) is 39.7 Å². The van der Waals surface area contributed by atoms with Gasteiger partial charge in [0, 0.05) is 30.8 Å². The highest BCUT2D eigenvalue weighted by Gasteiger charge is 2.36. The number of hydrogen-bond acceptors (Lipinski definition) is 5. The number of halogens is 2. The molecule has 2 aliphatic rings. The molecule has 2 aromatic carbocycles. The molecule has 1 amide bonds. The monoisotopic (exact) mass is 513 g/mol. The average molecular weight is 513 g/mol. The number of benzene rings is 2. The molecule has 2 aromatic heterocycles. The summed E-state index contributed by atoms with van der Waals surface area (Å²) in [5.41, 5.74) is 3.00. The van der Waals surface area contributed by atoms with Crippen molar-refractivity contribution in [1.29, 1.82) is 0 Å². The summed E-state index contributed by atoms with van der Waals surface area (Å²) in [7, 11) is 5.72. The van der Waals surface area contributed by atoms with Gasteiger partial charge in [-0.1, -0.05) is 48.8 Å². The summed E-state index contributed by atoms with van der Waals surface area (Å²) < 4.78 is 37.1. The first-order chi connectivity index (χ1) is 18.4. The lowest BCUT2D eigenvalue weighted by atomic mass is 9.90. The largest absolute Gasteiger partial charge is 0.378 e. The number of aromatic nitrogens is 3. The van der Waals surface area contributed by atoms with Gasteiger partial charge in [0.1, 0.15) is 31.3 Å². The minimum atomic E-state index is -1.28. The van der Waals surface area contributed by atoms with Crippen LogP contribution in [0.3, 0.4) is 0 Å². The number of nitrogens with zero attached hydrogens (tertiary/aromatic N) is 5. The molecule has 2 aliphatic heterocycles. The summed E-state index contributed by atoms with van der Waals surface area (Å²) in [4.78, 5) is 22.2. The molecule has 7 nitrogen and oxygen atoms in total. The average Bonchev–Trinajstić information content (AvgIpc) is 3.36. The maximum atomic E-state index is 15.2. The van der Waals surface area contributed by atoms with Gasteiger partial charge in [-0.05, 0) is 23.6 Å². The molecule has 2 unspecified atom stereocenters. The van der Waals surface area contributed by atoms with E-state index in [9.17, 15) is 9.18 Å². The highest BCUT2D eigenvalue weighted by Crippen LogP contribution is 2.39. The van der Waals surface area contributed by atoms with E-state index in [4.69, 9.17) is 12.6 Å². The summed E-state index contributed by atoms with van der Waals surface area (Å²) in [5.74, 6) is -0.206. The summed E-state index contributed by atoms with van der Waals surface area (Å²) in [6.07, 6.45) is -0.642. The Labute approximate surface area is 220 Å². The third-order valence-corrected chi connectivity index (χ3v) is 7.30. The zero-order valence-corrected chi connectivity index (χ0v) is 21.0. The summed E-state index contributed by atoms with van der Waals surface area (Å²) in [6.45, 7) is 4.19. The van der Waals surface area contributed by atoms with Crippen LogP contribution in [0, 0.1) is 5.82 Å². The quantitative estimate of drug-likeness (QED) is 0.389. The molecule has 1 saturated heterocycles.